The minimum Gasteiger partial charge on any atom is -0.466 e. The highest BCUT2D eigenvalue weighted by atomic mass is 16.5. The second-order valence-electron chi connectivity index (χ2n) is 23.5. The van der Waals surface area contributed by atoms with Gasteiger partial charge in [-0.2, -0.15) is 0 Å². The van der Waals surface area contributed by atoms with E-state index in [1.165, 1.54) is 321 Å². The Morgan fingerprint density at radius 1 is 0.365 bits per heavy atom. The molecule has 0 spiro atoms. The lowest BCUT2D eigenvalue weighted by Crippen LogP contribution is -2.45. The molecular weight excluding hydrogens is 911 g/mol. The van der Waals surface area contributed by atoms with Gasteiger partial charge in [0.25, 0.3) is 0 Å². The van der Waals surface area contributed by atoms with Gasteiger partial charge < -0.3 is 20.3 Å². The fourth-order valence-electron chi connectivity index (χ4n) is 10.9. The molecule has 2 atom stereocenters. The molecule has 74 heavy (non-hydrogen) atoms. The molecule has 6 heteroatoms. The van der Waals surface area contributed by atoms with Gasteiger partial charge in [0, 0.05) is 12.8 Å². The third-order valence-corrected chi connectivity index (χ3v) is 16.1. The van der Waals surface area contributed by atoms with E-state index in [0.717, 1.165) is 38.5 Å². The summed E-state index contributed by atoms with van der Waals surface area (Å²) >= 11 is 0. The lowest BCUT2D eigenvalue weighted by Gasteiger charge is -2.20. The molecule has 440 valence electrons. The molecule has 2 unspecified atom stereocenters. The Morgan fingerprint density at radius 2 is 0.622 bits per heavy atom. The number of hydrogen-bond acceptors (Lipinski definition) is 5. The van der Waals surface area contributed by atoms with E-state index in [0.29, 0.717) is 19.4 Å². The molecule has 0 aromatic carbocycles. The van der Waals surface area contributed by atoms with Crippen LogP contribution in [-0.4, -0.2) is 47.4 Å². The zero-order valence-electron chi connectivity index (χ0n) is 50.4. The minimum absolute atomic E-state index is 0.0206. The molecule has 6 nitrogen and oxygen atoms in total. The van der Waals surface area contributed by atoms with Gasteiger partial charge in [0.1, 0.15) is 0 Å². The third kappa shape index (κ3) is 59.8. The number of esters is 1. The van der Waals surface area contributed by atoms with E-state index >= 15 is 0 Å². The van der Waals surface area contributed by atoms with Gasteiger partial charge in [-0.25, -0.2) is 0 Å². The van der Waals surface area contributed by atoms with E-state index in [9.17, 15) is 19.8 Å². The quantitative estimate of drug-likeness (QED) is 0.0320. The van der Waals surface area contributed by atoms with E-state index in [1.807, 2.05) is 6.08 Å². The van der Waals surface area contributed by atoms with E-state index < -0.39 is 12.1 Å². The lowest BCUT2D eigenvalue weighted by molar-refractivity contribution is -0.143. The molecule has 0 aliphatic rings. The summed E-state index contributed by atoms with van der Waals surface area (Å²) < 4.78 is 5.48. The number of carbonyl (C=O) groups is 2. The molecule has 0 heterocycles. The highest BCUT2D eigenvalue weighted by Crippen LogP contribution is 2.19. The van der Waals surface area contributed by atoms with Crippen molar-refractivity contribution in [1.29, 1.82) is 0 Å². The molecule has 0 radical (unpaired) electrons. The molecule has 0 bridgehead atoms. The van der Waals surface area contributed by atoms with Crippen LogP contribution in [0.1, 0.15) is 386 Å². The average Bonchev–Trinajstić information content (AvgIpc) is 3.40. The van der Waals surface area contributed by atoms with Gasteiger partial charge in [0.15, 0.2) is 0 Å². The Morgan fingerprint density at radius 3 is 0.919 bits per heavy atom. The Hall–Kier alpha value is -1.40. The van der Waals surface area contributed by atoms with Crippen LogP contribution in [0.3, 0.4) is 0 Å². The second-order valence-corrected chi connectivity index (χ2v) is 23.5. The summed E-state index contributed by atoms with van der Waals surface area (Å²) in [4.78, 5) is 24.5. The first-order valence-corrected chi connectivity index (χ1v) is 34.0. The predicted molar refractivity (Wildman–Crippen MR) is 324 cm³/mol. The number of aliphatic hydroxyl groups excluding tert-OH is 2. The second kappa shape index (κ2) is 64.1. The monoisotopic (exact) mass is 1040 g/mol. The molecule has 0 aliphatic carbocycles. The van der Waals surface area contributed by atoms with Crippen molar-refractivity contribution < 1.29 is 24.5 Å². The predicted octanol–water partition coefficient (Wildman–Crippen LogP) is 21.6. The number of hydrogen-bond donors (Lipinski definition) is 3. The first kappa shape index (κ1) is 72.6. The average molecular weight is 1040 g/mol. The van der Waals surface area contributed by atoms with Gasteiger partial charge in [0.05, 0.1) is 25.4 Å². The van der Waals surface area contributed by atoms with Crippen molar-refractivity contribution in [2.45, 2.75) is 398 Å². The Bertz CT molecular complexity index is 1110. The summed E-state index contributed by atoms with van der Waals surface area (Å²) in [5.74, 6) is -0.0408. The lowest BCUT2D eigenvalue weighted by atomic mass is 10.0. The summed E-state index contributed by atoms with van der Waals surface area (Å²) in [5.41, 5.74) is 0. The van der Waals surface area contributed by atoms with Gasteiger partial charge >= 0.3 is 5.97 Å². The van der Waals surface area contributed by atoms with Gasteiger partial charge in [0.2, 0.25) is 5.91 Å². The van der Waals surface area contributed by atoms with Crippen LogP contribution in [0.15, 0.2) is 12.2 Å². The van der Waals surface area contributed by atoms with Crippen molar-refractivity contribution in [1.82, 2.24) is 5.32 Å². The Kier molecular flexibility index (Phi) is 62.9. The van der Waals surface area contributed by atoms with E-state index in [2.05, 4.69) is 19.2 Å². The van der Waals surface area contributed by atoms with E-state index in [4.69, 9.17) is 4.74 Å². The smallest absolute Gasteiger partial charge is 0.305 e. The first-order chi connectivity index (χ1) is 36.5. The highest BCUT2D eigenvalue weighted by molar-refractivity contribution is 5.76. The van der Waals surface area contributed by atoms with Crippen LogP contribution in [0.4, 0.5) is 0 Å². The maximum absolute atomic E-state index is 12.5. The first-order valence-electron chi connectivity index (χ1n) is 34.0. The molecule has 0 saturated carbocycles. The number of unbranched alkanes of at least 4 members (excludes halogenated alkanes) is 53. The zero-order chi connectivity index (χ0) is 53.6. The van der Waals surface area contributed by atoms with Crippen LogP contribution in [0, 0.1) is 0 Å². The van der Waals surface area contributed by atoms with E-state index in [-0.39, 0.29) is 18.5 Å². The topological polar surface area (TPSA) is 95.9 Å². The molecule has 0 aromatic heterocycles. The maximum atomic E-state index is 12.5. The van der Waals surface area contributed by atoms with Crippen LogP contribution in [0.25, 0.3) is 0 Å². The molecule has 0 rings (SSSR count). The number of rotatable bonds is 64. The van der Waals surface area contributed by atoms with Crippen molar-refractivity contribution in [3.05, 3.63) is 12.2 Å². The Balaban J connectivity index is 3.35. The van der Waals surface area contributed by atoms with Gasteiger partial charge in [-0.3, -0.25) is 9.59 Å². The molecule has 3 N–H and O–H groups in total. The van der Waals surface area contributed by atoms with Gasteiger partial charge in [-0.05, 0) is 32.1 Å². The number of nitrogens with one attached hydrogen (secondary N) is 1. The number of aliphatic hydroxyl groups is 2. The normalized spacial score (nSPS) is 12.5. The van der Waals surface area contributed by atoms with Crippen LogP contribution in [-0.2, 0) is 14.3 Å². The molecule has 0 fully saturated rings. The third-order valence-electron chi connectivity index (χ3n) is 16.1. The van der Waals surface area contributed by atoms with Crippen molar-refractivity contribution in [2.75, 3.05) is 13.2 Å². The van der Waals surface area contributed by atoms with Crippen LogP contribution in [0.2, 0.25) is 0 Å². The number of ether oxygens (including phenoxy) is 1. The molecule has 0 aliphatic heterocycles. The van der Waals surface area contributed by atoms with Crippen LogP contribution >= 0.6 is 0 Å². The van der Waals surface area contributed by atoms with Crippen molar-refractivity contribution in [2.24, 2.45) is 0 Å². The fourth-order valence-corrected chi connectivity index (χ4v) is 10.9. The van der Waals surface area contributed by atoms with Crippen LogP contribution in [0.5, 0.6) is 0 Å². The highest BCUT2D eigenvalue weighted by Gasteiger charge is 2.18. The number of carbonyl (C=O) groups excluding carboxylic acids is 2. The fraction of sp³-hybridized carbons (Fsp3) is 0.941. The number of allylic oxidation sites excluding steroid dienone is 1. The van der Waals surface area contributed by atoms with Gasteiger partial charge in [-0.1, -0.05) is 353 Å². The molecule has 0 saturated heterocycles. The summed E-state index contributed by atoms with van der Waals surface area (Å²) in [6.45, 7) is 4.94. The van der Waals surface area contributed by atoms with Crippen LogP contribution < -0.4 is 5.32 Å². The molecule has 1 amide bonds. The van der Waals surface area contributed by atoms with E-state index in [1.54, 1.807) is 6.08 Å². The SMILES string of the molecule is CCCCCCCCCCCCCCCC/C=C/C(O)C(CO)NC(=O)CCCCCCCCCCCCCCCCCCCCCCCCCCCCCCCOC(=O)CCCCCCCCCCCCCC. The zero-order valence-corrected chi connectivity index (χ0v) is 50.4. The molecular formula is C68H133NO5. The van der Waals surface area contributed by atoms with Gasteiger partial charge in [-0.15, -0.1) is 0 Å². The summed E-state index contributed by atoms with van der Waals surface area (Å²) in [5, 5.41) is 23.2. The summed E-state index contributed by atoms with van der Waals surface area (Å²) in [7, 11) is 0. The van der Waals surface area contributed by atoms with Crippen molar-refractivity contribution >= 4 is 11.9 Å². The number of amides is 1. The summed E-state index contributed by atoms with van der Waals surface area (Å²) in [6, 6.07) is -0.624. The van der Waals surface area contributed by atoms with Crippen molar-refractivity contribution in [3.8, 4) is 0 Å². The van der Waals surface area contributed by atoms with Crippen molar-refractivity contribution in [3.63, 3.8) is 0 Å². The largest absolute Gasteiger partial charge is 0.466 e. The Labute approximate surface area is 463 Å². The molecule has 0 aromatic rings. The standard InChI is InChI=1S/C68H133NO5/c1-3-5-7-9-11-13-15-17-18-34-37-40-44-48-52-56-60-66(71)65(64-70)69-67(72)61-57-53-49-45-41-38-35-32-30-28-26-24-22-20-19-21-23-25-27-29-31-33-36-39-43-47-51-55-59-63-74-68(73)62-58-54-50-46-42-16-14-12-10-8-6-4-2/h56,60,65-66,70-71H,3-55,57-59,61-64H2,1-2H3,(H,69,72)/b60-56+. The maximum Gasteiger partial charge on any atom is 0.305 e. The minimum atomic E-state index is -0.841. The summed E-state index contributed by atoms with van der Waals surface area (Å²) in [6.07, 6.45) is 78.6.